The maximum atomic E-state index is 13.9. The van der Waals surface area contributed by atoms with E-state index < -0.39 is 0 Å². The van der Waals surface area contributed by atoms with Gasteiger partial charge in [0.05, 0.1) is 11.1 Å². The lowest BCUT2D eigenvalue weighted by molar-refractivity contribution is 0.508. The molecule has 0 bridgehead atoms. The van der Waals surface area contributed by atoms with Crippen LogP contribution >= 0.6 is 34.7 Å². The third-order valence-corrected chi connectivity index (χ3v) is 8.75. The van der Waals surface area contributed by atoms with Crippen molar-refractivity contribution in [1.29, 1.82) is 0 Å². The number of nitrogens with zero attached hydrogens (tertiary/aromatic N) is 4. The van der Waals surface area contributed by atoms with Gasteiger partial charge in [0.15, 0.2) is 5.16 Å². The van der Waals surface area contributed by atoms with E-state index in [1.807, 2.05) is 30.3 Å². The molecule has 0 radical (unpaired) electrons. The summed E-state index contributed by atoms with van der Waals surface area (Å²) in [5.41, 5.74) is 3.14. The highest BCUT2D eigenvalue weighted by molar-refractivity contribution is 7.98. The molecular formula is C25H21ClN4OS2. The number of thioether (sulfide) groups is 1. The lowest BCUT2D eigenvalue weighted by Gasteiger charge is -2.18. The zero-order valence-electron chi connectivity index (χ0n) is 18.0. The molecule has 0 spiro atoms. The largest absolute Gasteiger partial charge is 0.268 e. The third-order valence-electron chi connectivity index (χ3n) is 6.22. The Bertz CT molecular complexity index is 1540. The minimum Gasteiger partial charge on any atom is -0.268 e. The van der Waals surface area contributed by atoms with Crippen LogP contribution in [0.5, 0.6) is 0 Å². The summed E-state index contributed by atoms with van der Waals surface area (Å²) in [6.07, 6.45) is 3.11. The Morgan fingerprint density at radius 1 is 1.12 bits per heavy atom. The Hall–Kier alpha value is -2.61. The number of aryl methyl sites for hydroxylation is 1. The molecule has 166 valence electrons. The number of aromatic nitrogens is 4. The van der Waals surface area contributed by atoms with Crippen LogP contribution < -0.4 is 5.56 Å². The molecule has 5 nitrogen and oxygen atoms in total. The van der Waals surface area contributed by atoms with Gasteiger partial charge in [-0.05, 0) is 60.6 Å². The summed E-state index contributed by atoms with van der Waals surface area (Å²) in [4.78, 5) is 16.2. The number of hydrogen-bond acceptors (Lipinski definition) is 5. The predicted molar refractivity (Wildman–Crippen MR) is 136 cm³/mol. The summed E-state index contributed by atoms with van der Waals surface area (Å²) in [6, 6.07) is 17.7. The predicted octanol–water partition coefficient (Wildman–Crippen LogP) is 6.17. The molecule has 2 aromatic carbocycles. The summed E-state index contributed by atoms with van der Waals surface area (Å²) < 4.78 is 3.76. The van der Waals surface area contributed by atoms with Gasteiger partial charge in [0, 0.05) is 15.7 Å². The number of fused-ring (bicyclic) bond motifs is 5. The molecule has 0 amide bonds. The van der Waals surface area contributed by atoms with Crippen molar-refractivity contribution in [3.63, 3.8) is 0 Å². The minimum absolute atomic E-state index is 0.0292. The van der Waals surface area contributed by atoms with E-state index in [1.165, 1.54) is 16.0 Å². The van der Waals surface area contributed by atoms with Crippen LogP contribution in [0.2, 0.25) is 5.02 Å². The van der Waals surface area contributed by atoms with Crippen molar-refractivity contribution in [2.45, 2.75) is 37.1 Å². The number of halogens is 1. The van der Waals surface area contributed by atoms with Crippen LogP contribution in [-0.2, 0) is 18.6 Å². The highest BCUT2D eigenvalue weighted by Gasteiger charge is 2.27. The van der Waals surface area contributed by atoms with Crippen LogP contribution in [0.4, 0.5) is 0 Å². The summed E-state index contributed by atoms with van der Waals surface area (Å²) >= 11 is 9.50. The molecule has 0 aliphatic heterocycles. The molecule has 3 heterocycles. The molecule has 1 aliphatic carbocycles. The first-order valence-electron chi connectivity index (χ1n) is 11.0. The van der Waals surface area contributed by atoms with Gasteiger partial charge in [-0.25, -0.2) is 8.97 Å². The SMILES string of the molecule is CC1CCc2sc3c(c2C1)c(=O)n(-c1ccc(Cl)cc1)c1nnc(SCc2ccccc2)n31. The maximum absolute atomic E-state index is 13.9. The van der Waals surface area contributed by atoms with E-state index in [0.717, 1.165) is 46.1 Å². The van der Waals surface area contributed by atoms with Crippen LogP contribution in [-0.4, -0.2) is 19.2 Å². The van der Waals surface area contributed by atoms with E-state index in [2.05, 4.69) is 33.7 Å². The van der Waals surface area contributed by atoms with Crippen molar-refractivity contribution in [1.82, 2.24) is 19.2 Å². The number of thiophene rings is 1. The van der Waals surface area contributed by atoms with Crippen LogP contribution in [0.1, 0.15) is 29.3 Å². The molecular weight excluding hydrogens is 472 g/mol. The van der Waals surface area contributed by atoms with Crippen molar-refractivity contribution >= 4 is 50.7 Å². The molecule has 0 saturated heterocycles. The molecule has 33 heavy (non-hydrogen) atoms. The fourth-order valence-electron chi connectivity index (χ4n) is 4.55. The molecule has 6 rings (SSSR count). The molecule has 1 unspecified atom stereocenters. The van der Waals surface area contributed by atoms with Gasteiger partial charge in [0.1, 0.15) is 4.83 Å². The smallest absolute Gasteiger partial charge is 0.268 e. The standard InChI is InChI=1S/C25H21ClN4OS2/c1-15-7-12-20-19(13-15)21-22(31)29(18-10-8-17(26)9-11-18)24-27-28-25(30(24)23(21)33-20)32-14-16-5-3-2-4-6-16/h2-6,8-11,15H,7,12-14H2,1H3. The normalized spacial score (nSPS) is 15.9. The average molecular weight is 493 g/mol. The van der Waals surface area contributed by atoms with Gasteiger partial charge in [-0.2, -0.15) is 0 Å². The highest BCUT2D eigenvalue weighted by Crippen LogP contribution is 2.38. The fraction of sp³-hybridized carbons (Fsp3) is 0.240. The van der Waals surface area contributed by atoms with Crippen LogP contribution in [0.15, 0.2) is 64.5 Å². The van der Waals surface area contributed by atoms with Crippen molar-refractivity contribution in [3.8, 4) is 5.69 Å². The lowest BCUT2D eigenvalue weighted by Crippen LogP contribution is -2.22. The van der Waals surface area contributed by atoms with E-state index in [4.69, 9.17) is 11.6 Å². The third kappa shape index (κ3) is 3.59. The monoisotopic (exact) mass is 492 g/mol. The number of hydrogen-bond donors (Lipinski definition) is 0. The van der Waals surface area contributed by atoms with Gasteiger partial charge in [-0.1, -0.05) is 60.6 Å². The highest BCUT2D eigenvalue weighted by atomic mass is 35.5. The second-order valence-electron chi connectivity index (χ2n) is 8.54. The van der Waals surface area contributed by atoms with Crippen LogP contribution in [0.25, 0.3) is 21.7 Å². The number of rotatable bonds is 4. The maximum Gasteiger partial charge on any atom is 0.268 e. The molecule has 8 heteroatoms. The quantitative estimate of drug-likeness (QED) is 0.282. The van der Waals surface area contributed by atoms with E-state index >= 15 is 0 Å². The van der Waals surface area contributed by atoms with Gasteiger partial charge < -0.3 is 0 Å². The Labute approximate surface area is 204 Å². The molecule has 0 fully saturated rings. The molecule has 0 saturated carbocycles. The summed E-state index contributed by atoms with van der Waals surface area (Å²) in [5, 5.41) is 11.3. The minimum atomic E-state index is -0.0292. The topological polar surface area (TPSA) is 52.2 Å². The zero-order chi connectivity index (χ0) is 22.5. The average Bonchev–Trinajstić information content (AvgIpc) is 3.41. The lowest BCUT2D eigenvalue weighted by atomic mass is 9.89. The second-order valence-corrected chi connectivity index (χ2v) is 11.0. The van der Waals surface area contributed by atoms with E-state index in [9.17, 15) is 4.79 Å². The first-order chi connectivity index (χ1) is 16.1. The van der Waals surface area contributed by atoms with Gasteiger partial charge in [0.25, 0.3) is 5.56 Å². The fourth-order valence-corrected chi connectivity index (χ4v) is 6.95. The molecule has 0 N–H and O–H groups in total. The van der Waals surface area contributed by atoms with Crippen LogP contribution in [0, 0.1) is 5.92 Å². The molecule has 1 aliphatic rings. The summed E-state index contributed by atoms with van der Waals surface area (Å²) in [6.45, 7) is 2.27. The van der Waals surface area contributed by atoms with Crippen molar-refractivity contribution in [3.05, 3.63) is 86.0 Å². The Morgan fingerprint density at radius 2 is 1.91 bits per heavy atom. The van der Waals surface area contributed by atoms with Crippen molar-refractivity contribution < 1.29 is 0 Å². The number of benzene rings is 2. The summed E-state index contributed by atoms with van der Waals surface area (Å²) in [7, 11) is 0. The molecule has 5 aromatic rings. The van der Waals surface area contributed by atoms with E-state index in [0.29, 0.717) is 16.7 Å². The Balaban J connectivity index is 1.61. The van der Waals surface area contributed by atoms with E-state index in [1.54, 1.807) is 39.8 Å². The Kier molecular flexibility index (Phi) is 5.28. The van der Waals surface area contributed by atoms with Crippen molar-refractivity contribution in [2.75, 3.05) is 0 Å². The van der Waals surface area contributed by atoms with Gasteiger partial charge in [-0.15, -0.1) is 21.5 Å². The zero-order valence-corrected chi connectivity index (χ0v) is 20.4. The van der Waals surface area contributed by atoms with E-state index in [-0.39, 0.29) is 5.56 Å². The first kappa shape index (κ1) is 21.0. The Morgan fingerprint density at radius 3 is 2.70 bits per heavy atom. The molecule has 3 aromatic heterocycles. The summed E-state index contributed by atoms with van der Waals surface area (Å²) in [5.74, 6) is 1.89. The van der Waals surface area contributed by atoms with Crippen molar-refractivity contribution in [2.24, 2.45) is 5.92 Å². The van der Waals surface area contributed by atoms with Gasteiger partial charge in [0.2, 0.25) is 5.78 Å². The second kappa shape index (κ2) is 8.31. The van der Waals surface area contributed by atoms with Gasteiger partial charge in [-0.3, -0.25) is 4.79 Å². The van der Waals surface area contributed by atoms with Gasteiger partial charge >= 0.3 is 0 Å². The molecule has 1 atom stereocenters. The van der Waals surface area contributed by atoms with Crippen LogP contribution in [0.3, 0.4) is 0 Å². The first-order valence-corrected chi connectivity index (χ1v) is 13.1.